The number of fused-ring (bicyclic) bond motifs is 6. The van der Waals surface area contributed by atoms with Crippen LogP contribution in [-0.2, 0) is 0 Å². The number of nitrogens with zero attached hydrogens (tertiary/aromatic N) is 2. The molecule has 9 aromatic carbocycles. The van der Waals surface area contributed by atoms with Crippen LogP contribution in [0.25, 0.3) is 82.8 Å². The molecule has 0 atom stereocenters. The third-order valence-electron chi connectivity index (χ3n) is 11.2. The van der Waals surface area contributed by atoms with Crippen molar-refractivity contribution in [1.29, 1.82) is 0 Å². The molecule has 0 saturated heterocycles. The van der Waals surface area contributed by atoms with Gasteiger partial charge in [0.1, 0.15) is 11.2 Å². The molecular formula is C54H36N2O. The van der Waals surface area contributed by atoms with Gasteiger partial charge in [0.2, 0.25) is 0 Å². The monoisotopic (exact) mass is 728 g/mol. The number of benzene rings is 9. The van der Waals surface area contributed by atoms with Crippen LogP contribution in [0.2, 0.25) is 0 Å². The summed E-state index contributed by atoms with van der Waals surface area (Å²) in [6, 6.07) is 78.2. The highest BCUT2D eigenvalue weighted by molar-refractivity contribution is 6.17. The SMILES string of the molecule is c1ccc(-c2ccc(N(c3cc(-c4ccccc4)ccc3-c3cccc4c3oc3ccccc34)c3cccc4c3c3ccccc3n4-c3ccccc3)cc2)cc1. The Hall–Kier alpha value is -7.62. The summed E-state index contributed by atoms with van der Waals surface area (Å²) in [5.74, 6) is 0. The molecule has 0 spiro atoms. The van der Waals surface area contributed by atoms with Crippen LogP contribution >= 0.6 is 0 Å². The first-order valence-corrected chi connectivity index (χ1v) is 19.4. The van der Waals surface area contributed by atoms with E-state index in [1.165, 1.54) is 21.9 Å². The average Bonchev–Trinajstić information content (AvgIpc) is 3.84. The molecule has 0 aliphatic heterocycles. The molecule has 2 aromatic heterocycles. The fourth-order valence-corrected chi connectivity index (χ4v) is 8.60. The summed E-state index contributed by atoms with van der Waals surface area (Å²) in [6.45, 7) is 0. The summed E-state index contributed by atoms with van der Waals surface area (Å²) in [5, 5.41) is 4.59. The second-order valence-corrected chi connectivity index (χ2v) is 14.5. The molecule has 0 N–H and O–H groups in total. The van der Waals surface area contributed by atoms with Crippen molar-refractivity contribution in [2.24, 2.45) is 0 Å². The third kappa shape index (κ3) is 5.51. The van der Waals surface area contributed by atoms with E-state index >= 15 is 0 Å². The average molecular weight is 729 g/mol. The Morgan fingerprint density at radius 1 is 0.368 bits per heavy atom. The van der Waals surface area contributed by atoms with Crippen molar-refractivity contribution >= 4 is 60.8 Å². The Labute approximate surface area is 330 Å². The molecule has 11 aromatic rings. The number of aromatic nitrogens is 1. The van der Waals surface area contributed by atoms with Gasteiger partial charge in [-0.1, -0.05) is 164 Å². The van der Waals surface area contributed by atoms with Gasteiger partial charge in [0.25, 0.3) is 0 Å². The van der Waals surface area contributed by atoms with E-state index in [2.05, 4.69) is 222 Å². The van der Waals surface area contributed by atoms with E-state index in [4.69, 9.17) is 4.42 Å². The van der Waals surface area contributed by atoms with E-state index in [0.29, 0.717) is 0 Å². The highest BCUT2D eigenvalue weighted by Gasteiger charge is 2.25. The maximum absolute atomic E-state index is 6.72. The Morgan fingerprint density at radius 2 is 0.947 bits per heavy atom. The number of hydrogen-bond acceptors (Lipinski definition) is 2. The Kier molecular flexibility index (Phi) is 7.82. The quantitative estimate of drug-likeness (QED) is 0.163. The molecule has 0 saturated carbocycles. The van der Waals surface area contributed by atoms with E-state index in [1.807, 2.05) is 6.07 Å². The van der Waals surface area contributed by atoms with E-state index in [0.717, 1.165) is 78.0 Å². The van der Waals surface area contributed by atoms with E-state index in [9.17, 15) is 0 Å². The van der Waals surface area contributed by atoms with Gasteiger partial charge in [0, 0.05) is 44.0 Å². The van der Waals surface area contributed by atoms with Gasteiger partial charge in [0.05, 0.1) is 22.4 Å². The molecule has 3 nitrogen and oxygen atoms in total. The first-order chi connectivity index (χ1) is 28.3. The standard InChI is InChI=1S/C54H36N2O/c1-4-16-37(17-5-1)39-30-33-42(34-31-39)56(50-28-15-27-49-53(50)47-23-10-12-26-48(47)55(49)41-20-8-3-9-21-41)51-36-40(38-18-6-2-7-19-38)32-35-43(51)45-24-14-25-46-44-22-11-13-29-52(44)57-54(45)46/h1-36H. The molecule has 0 fully saturated rings. The molecule has 268 valence electrons. The highest BCUT2D eigenvalue weighted by atomic mass is 16.3. The number of furan rings is 1. The lowest BCUT2D eigenvalue weighted by atomic mass is 9.95. The largest absolute Gasteiger partial charge is 0.455 e. The van der Waals surface area contributed by atoms with Crippen LogP contribution in [-0.4, -0.2) is 4.57 Å². The van der Waals surface area contributed by atoms with Crippen LogP contribution < -0.4 is 4.90 Å². The molecule has 0 aliphatic carbocycles. The second-order valence-electron chi connectivity index (χ2n) is 14.5. The van der Waals surface area contributed by atoms with Crippen LogP contribution in [0, 0.1) is 0 Å². The van der Waals surface area contributed by atoms with Crippen LogP contribution in [0.1, 0.15) is 0 Å². The normalized spacial score (nSPS) is 11.5. The Balaban J connectivity index is 1.24. The summed E-state index contributed by atoms with van der Waals surface area (Å²) < 4.78 is 9.11. The molecule has 2 heterocycles. The second kappa shape index (κ2) is 13.6. The fraction of sp³-hybridized carbons (Fsp3) is 0. The predicted octanol–water partition coefficient (Wildman–Crippen LogP) is 15.2. The zero-order chi connectivity index (χ0) is 37.7. The van der Waals surface area contributed by atoms with Gasteiger partial charge >= 0.3 is 0 Å². The molecule has 57 heavy (non-hydrogen) atoms. The van der Waals surface area contributed by atoms with Crippen molar-refractivity contribution in [2.45, 2.75) is 0 Å². The van der Waals surface area contributed by atoms with Crippen molar-refractivity contribution in [3.8, 4) is 39.1 Å². The van der Waals surface area contributed by atoms with Gasteiger partial charge in [-0.15, -0.1) is 0 Å². The first-order valence-electron chi connectivity index (χ1n) is 19.4. The summed E-state index contributed by atoms with van der Waals surface area (Å²) in [5.41, 5.74) is 15.2. The molecule has 0 bridgehead atoms. The lowest BCUT2D eigenvalue weighted by Gasteiger charge is -2.29. The fourth-order valence-electron chi connectivity index (χ4n) is 8.60. The van der Waals surface area contributed by atoms with Crippen molar-refractivity contribution in [3.05, 3.63) is 218 Å². The van der Waals surface area contributed by atoms with Crippen LogP contribution in [0.5, 0.6) is 0 Å². The van der Waals surface area contributed by atoms with Gasteiger partial charge in [0.15, 0.2) is 0 Å². The summed E-state index contributed by atoms with van der Waals surface area (Å²) in [6.07, 6.45) is 0. The molecule has 3 heteroatoms. The molecule has 0 unspecified atom stereocenters. The highest BCUT2D eigenvalue weighted by Crippen LogP contribution is 2.49. The van der Waals surface area contributed by atoms with Crippen LogP contribution in [0.3, 0.4) is 0 Å². The van der Waals surface area contributed by atoms with E-state index in [1.54, 1.807) is 0 Å². The molecule has 0 radical (unpaired) electrons. The van der Waals surface area contributed by atoms with Gasteiger partial charge < -0.3 is 13.9 Å². The third-order valence-corrected chi connectivity index (χ3v) is 11.2. The maximum atomic E-state index is 6.72. The van der Waals surface area contributed by atoms with Crippen LogP contribution in [0.15, 0.2) is 223 Å². The minimum Gasteiger partial charge on any atom is -0.455 e. The minimum atomic E-state index is 0.880. The zero-order valence-electron chi connectivity index (χ0n) is 31.1. The van der Waals surface area contributed by atoms with Crippen molar-refractivity contribution in [2.75, 3.05) is 4.90 Å². The maximum Gasteiger partial charge on any atom is 0.143 e. The number of anilines is 3. The van der Waals surface area contributed by atoms with Gasteiger partial charge in [-0.25, -0.2) is 0 Å². The number of rotatable bonds is 7. The van der Waals surface area contributed by atoms with Crippen molar-refractivity contribution < 1.29 is 4.42 Å². The lowest BCUT2D eigenvalue weighted by Crippen LogP contribution is -2.12. The Bertz CT molecular complexity index is 3220. The molecule has 0 aliphatic rings. The number of hydrogen-bond donors (Lipinski definition) is 0. The summed E-state index contributed by atoms with van der Waals surface area (Å²) in [7, 11) is 0. The molecular weight excluding hydrogens is 693 g/mol. The first kappa shape index (κ1) is 32.8. The lowest BCUT2D eigenvalue weighted by molar-refractivity contribution is 0.670. The van der Waals surface area contributed by atoms with E-state index in [-0.39, 0.29) is 0 Å². The van der Waals surface area contributed by atoms with Gasteiger partial charge in [-0.05, 0) is 76.9 Å². The molecule has 11 rings (SSSR count). The van der Waals surface area contributed by atoms with Gasteiger partial charge in [-0.2, -0.15) is 0 Å². The minimum absolute atomic E-state index is 0.880. The Morgan fingerprint density at radius 3 is 1.72 bits per heavy atom. The smallest absolute Gasteiger partial charge is 0.143 e. The van der Waals surface area contributed by atoms with Gasteiger partial charge in [-0.3, -0.25) is 0 Å². The topological polar surface area (TPSA) is 21.3 Å². The van der Waals surface area contributed by atoms with E-state index < -0.39 is 0 Å². The van der Waals surface area contributed by atoms with Crippen LogP contribution in [0.4, 0.5) is 17.1 Å². The van der Waals surface area contributed by atoms with Crippen molar-refractivity contribution in [3.63, 3.8) is 0 Å². The predicted molar refractivity (Wildman–Crippen MR) is 239 cm³/mol. The summed E-state index contributed by atoms with van der Waals surface area (Å²) >= 11 is 0. The molecule has 0 amide bonds. The number of para-hydroxylation sites is 4. The summed E-state index contributed by atoms with van der Waals surface area (Å²) in [4.78, 5) is 2.46. The zero-order valence-corrected chi connectivity index (χ0v) is 31.1. The van der Waals surface area contributed by atoms with Crippen molar-refractivity contribution in [1.82, 2.24) is 4.57 Å².